The number of ether oxygens (including phenoxy) is 2. The number of hydrogen-bond donors (Lipinski definition) is 1. The molecule has 3 aliphatic rings. The predicted molar refractivity (Wildman–Crippen MR) is 126 cm³/mol. The van der Waals surface area contributed by atoms with Gasteiger partial charge in [-0.05, 0) is 31.5 Å². The number of hydrogen-bond acceptors (Lipinski definition) is 7. The van der Waals surface area contributed by atoms with Gasteiger partial charge in [0.1, 0.15) is 6.61 Å². The molecule has 0 spiro atoms. The van der Waals surface area contributed by atoms with Crippen molar-refractivity contribution in [3.63, 3.8) is 0 Å². The number of nitrogens with zero attached hydrogens (tertiary/aromatic N) is 3. The summed E-state index contributed by atoms with van der Waals surface area (Å²) in [6.07, 6.45) is 0.109. The second kappa shape index (κ2) is 7.14. The van der Waals surface area contributed by atoms with E-state index in [0.717, 1.165) is 16.6 Å². The summed E-state index contributed by atoms with van der Waals surface area (Å²) < 4.78 is 12.4. The minimum atomic E-state index is -1.70. The number of anilines is 2. The van der Waals surface area contributed by atoms with Crippen molar-refractivity contribution in [2.24, 2.45) is 0 Å². The number of benzene rings is 1. The van der Waals surface area contributed by atoms with E-state index in [9.17, 15) is 19.2 Å². The Hall–Kier alpha value is -4.21. The molecular formula is C25H22N4O6. The van der Waals surface area contributed by atoms with Crippen LogP contribution in [0, 0.1) is 0 Å². The number of pyridine rings is 2. The fraction of sp³-hybridized carbons (Fsp3) is 0.320. The van der Waals surface area contributed by atoms with Crippen molar-refractivity contribution < 1.29 is 23.9 Å². The van der Waals surface area contributed by atoms with Crippen LogP contribution in [0.1, 0.15) is 43.9 Å². The first-order valence-corrected chi connectivity index (χ1v) is 11.5. The van der Waals surface area contributed by atoms with Crippen LogP contribution >= 0.6 is 0 Å². The molecule has 10 heteroatoms. The van der Waals surface area contributed by atoms with Gasteiger partial charge in [0.25, 0.3) is 5.56 Å². The molecule has 0 bridgehead atoms. The molecule has 10 nitrogen and oxygen atoms in total. The summed E-state index contributed by atoms with van der Waals surface area (Å²) >= 11 is 0. The zero-order chi connectivity index (χ0) is 24.6. The van der Waals surface area contributed by atoms with Crippen molar-refractivity contribution in [1.29, 1.82) is 0 Å². The molecule has 2 aromatic heterocycles. The van der Waals surface area contributed by atoms with Crippen molar-refractivity contribution in [3.05, 3.63) is 51.3 Å². The Morgan fingerprint density at radius 1 is 1.23 bits per heavy atom. The number of aromatic nitrogens is 2. The molecule has 1 N–H and O–H groups in total. The van der Waals surface area contributed by atoms with Gasteiger partial charge in [0.15, 0.2) is 0 Å². The van der Waals surface area contributed by atoms with Crippen LogP contribution in [-0.4, -0.2) is 34.1 Å². The second-order valence-corrected chi connectivity index (χ2v) is 8.83. The highest BCUT2D eigenvalue weighted by molar-refractivity contribution is 6.19. The van der Waals surface area contributed by atoms with Gasteiger partial charge >= 0.3 is 18.0 Å². The van der Waals surface area contributed by atoms with Gasteiger partial charge in [-0.2, -0.15) is 0 Å². The van der Waals surface area contributed by atoms with E-state index in [1.807, 2.05) is 25.1 Å². The van der Waals surface area contributed by atoms with Crippen molar-refractivity contribution in [2.45, 2.75) is 45.9 Å². The highest BCUT2D eigenvalue weighted by Crippen LogP contribution is 2.46. The summed E-state index contributed by atoms with van der Waals surface area (Å²) in [5.74, 6) is -1.35. The molecule has 0 fully saturated rings. The molecule has 1 atom stereocenters. The fourth-order valence-electron chi connectivity index (χ4n) is 5.50. The molecule has 0 aliphatic carbocycles. The van der Waals surface area contributed by atoms with E-state index in [4.69, 9.17) is 14.5 Å². The third-order valence-corrected chi connectivity index (χ3v) is 7.04. The first-order chi connectivity index (χ1) is 16.8. The number of esters is 2. The number of nitrogens with one attached hydrogen (secondary N) is 1. The average Bonchev–Trinajstić information content (AvgIpc) is 3.20. The van der Waals surface area contributed by atoms with Crippen LogP contribution in [0.5, 0.6) is 0 Å². The topological polar surface area (TPSA) is 120 Å². The molecule has 178 valence electrons. The van der Waals surface area contributed by atoms with E-state index in [1.54, 1.807) is 22.5 Å². The summed E-state index contributed by atoms with van der Waals surface area (Å²) in [6.45, 7) is 5.25. The summed E-state index contributed by atoms with van der Waals surface area (Å²) in [5.41, 5.74) is 2.44. The molecule has 3 aliphatic heterocycles. The summed E-state index contributed by atoms with van der Waals surface area (Å²) in [6, 6.07) is 6.97. The van der Waals surface area contributed by atoms with E-state index < -0.39 is 17.5 Å². The monoisotopic (exact) mass is 474 g/mol. The van der Waals surface area contributed by atoms with Crippen molar-refractivity contribution in [2.75, 3.05) is 16.8 Å². The smallest absolute Gasteiger partial charge is 0.355 e. The number of fused-ring (bicyclic) bond motifs is 5. The summed E-state index contributed by atoms with van der Waals surface area (Å²) in [7, 11) is 0. The molecule has 1 aromatic carbocycles. The van der Waals surface area contributed by atoms with Crippen molar-refractivity contribution in [1.82, 2.24) is 9.55 Å². The van der Waals surface area contributed by atoms with Crippen LogP contribution in [-0.2, 0) is 37.8 Å². The molecule has 35 heavy (non-hydrogen) atoms. The normalized spacial score (nSPS) is 19.6. The molecule has 0 radical (unpaired) electrons. The SMILES string of the molecule is CCN1C(=O)Nc2cccc3nc4c(c1c23)Cn1c-4cc2c(c1=O)COC(=O)[C@@]2(CC)OC(C)=O. The standard InChI is InChI=1S/C25H22N4O6/c1-4-25(35-12(3)30)15-9-18-20-13(10-29(18)22(31)14(15)11-34-23(25)32)21-19-16(26-20)7-6-8-17(19)27-24(33)28(21)5-2/h6-9H,4-5,10-11H2,1-3H3,(H,27,33)/t25-/m0/s1. The Bertz CT molecular complexity index is 1560. The zero-order valence-corrected chi connectivity index (χ0v) is 19.4. The van der Waals surface area contributed by atoms with Gasteiger partial charge in [0.05, 0.1) is 40.4 Å². The minimum absolute atomic E-state index is 0.109. The number of cyclic esters (lactones) is 1. The lowest BCUT2D eigenvalue weighted by atomic mass is 9.85. The third kappa shape index (κ3) is 2.67. The van der Waals surface area contributed by atoms with Gasteiger partial charge < -0.3 is 19.4 Å². The summed E-state index contributed by atoms with van der Waals surface area (Å²) in [4.78, 5) is 57.9. The quantitative estimate of drug-likeness (QED) is 0.453. The third-order valence-electron chi connectivity index (χ3n) is 7.04. The Morgan fingerprint density at radius 3 is 2.74 bits per heavy atom. The van der Waals surface area contributed by atoms with Gasteiger partial charge in [0, 0.05) is 30.0 Å². The molecule has 0 unspecified atom stereocenters. The van der Waals surface area contributed by atoms with Gasteiger partial charge in [0.2, 0.25) is 5.60 Å². The summed E-state index contributed by atoms with van der Waals surface area (Å²) in [5, 5.41) is 3.73. The molecule has 0 saturated heterocycles. The molecule has 3 aromatic rings. The van der Waals surface area contributed by atoms with Crippen LogP contribution in [0.15, 0.2) is 29.1 Å². The van der Waals surface area contributed by atoms with E-state index in [0.29, 0.717) is 34.7 Å². The predicted octanol–water partition coefficient (Wildman–Crippen LogP) is 3.02. The highest BCUT2D eigenvalue weighted by atomic mass is 16.6. The lowest BCUT2D eigenvalue weighted by Crippen LogP contribution is -2.47. The largest absolute Gasteiger partial charge is 0.457 e. The van der Waals surface area contributed by atoms with Gasteiger partial charge in [-0.3, -0.25) is 14.5 Å². The van der Waals surface area contributed by atoms with Gasteiger partial charge in [-0.15, -0.1) is 0 Å². The van der Waals surface area contributed by atoms with E-state index in [1.165, 1.54) is 6.92 Å². The average molecular weight is 474 g/mol. The Labute approximate surface area is 199 Å². The second-order valence-electron chi connectivity index (χ2n) is 8.83. The molecular weight excluding hydrogens is 452 g/mol. The molecule has 0 saturated carbocycles. The van der Waals surface area contributed by atoms with Crippen LogP contribution < -0.4 is 15.8 Å². The Kier molecular flexibility index (Phi) is 4.35. The maximum Gasteiger partial charge on any atom is 0.355 e. The lowest BCUT2D eigenvalue weighted by Gasteiger charge is -2.35. The highest BCUT2D eigenvalue weighted by Gasteiger charge is 2.50. The number of carbonyl (C=O) groups excluding carboxylic acids is 3. The molecule has 5 heterocycles. The van der Waals surface area contributed by atoms with Gasteiger partial charge in [-0.1, -0.05) is 13.0 Å². The fourth-order valence-corrected chi connectivity index (χ4v) is 5.50. The van der Waals surface area contributed by atoms with Gasteiger partial charge in [-0.25, -0.2) is 14.6 Å². The number of rotatable bonds is 3. The first kappa shape index (κ1) is 21.3. The van der Waals surface area contributed by atoms with E-state index in [-0.39, 0.29) is 36.7 Å². The Balaban J connectivity index is 1.67. The van der Waals surface area contributed by atoms with Crippen molar-refractivity contribution in [3.8, 4) is 11.4 Å². The van der Waals surface area contributed by atoms with Crippen LogP contribution in [0.25, 0.3) is 22.3 Å². The van der Waals surface area contributed by atoms with E-state index in [2.05, 4.69) is 5.32 Å². The first-order valence-electron chi connectivity index (χ1n) is 11.5. The maximum atomic E-state index is 13.7. The number of carbonyl (C=O) groups is 3. The molecule has 2 amide bonds. The van der Waals surface area contributed by atoms with Crippen LogP contribution in [0.2, 0.25) is 0 Å². The zero-order valence-electron chi connectivity index (χ0n) is 19.4. The number of urea groups is 1. The number of amides is 2. The van der Waals surface area contributed by atoms with Crippen LogP contribution in [0.3, 0.4) is 0 Å². The molecule has 6 rings (SSSR count). The van der Waals surface area contributed by atoms with E-state index >= 15 is 0 Å². The minimum Gasteiger partial charge on any atom is -0.457 e. The lowest BCUT2D eigenvalue weighted by molar-refractivity contribution is -0.188. The van der Waals surface area contributed by atoms with Crippen LogP contribution in [0.4, 0.5) is 16.2 Å². The van der Waals surface area contributed by atoms with Crippen molar-refractivity contribution >= 4 is 40.2 Å². The maximum absolute atomic E-state index is 13.7. The Morgan fingerprint density at radius 2 is 2.03 bits per heavy atom.